The van der Waals surface area contributed by atoms with Crippen LogP contribution in [0.3, 0.4) is 0 Å². The number of aromatic nitrogens is 2. The van der Waals surface area contributed by atoms with Crippen molar-refractivity contribution in [2.75, 3.05) is 20.3 Å². The first-order valence-electron chi connectivity index (χ1n) is 9.21. The van der Waals surface area contributed by atoms with Crippen LogP contribution in [-0.2, 0) is 11.3 Å². The standard InChI is InChI=1S/C21H23N3O3/c1-26-18-5-2-4-15(10-18)14-24-20-11-16(7-8-17(20)12-23-24)21(25)22-13-19-6-3-9-27-19/h2,4-5,7-8,10-12,19H,3,6,9,13-14H2,1H3,(H,22,25). The molecule has 0 saturated carbocycles. The summed E-state index contributed by atoms with van der Waals surface area (Å²) >= 11 is 0. The fraction of sp³-hybridized carbons (Fsp3) is 0.333. The van der Waals surface area contributed by atoms with Gasteiger partial charge in [0.25, 0.3) is 5.91 Å². The van der Waals surface area contributed by atoms with Crippen molar-refractivity contribution in [2.24, 2.45) is 0 Å². The molecule has 2 aromatic carbocycles. The summed E-state index contributed by atoms with van der Waals surface area (Å²) in [5.41, 5.74) is 2.66. The summed E-state index contributed by atoms with van der Waals surface area (Å²) in [6.07, 6.45) is 4.03. The molecule has 2 heterocycles. The number of nitrogens with one attached hydrogen (secondary N) is 1. The van der Waals surface area contributed by atoms with Gasteiger partial charge in [-0.15, -0.1) is 0 Å². The molecule has 1 aromatic heterocycles. The second-order valence-corrected chi connectivity index (χ2v) is 6.77. The summed E-state index contributed by atoms with van der Waals surface area (Å²) in [7, 11) is 1.66. The third kappa shape index (κ3) is 3.95. The molecule has 1 unspecified atom stereocenters. The molecular weight excluding hydrogens is 342 g/mol. The van der Waals surface area contributed by atoms with E-state index in [1.807, 2.05) is 53.3 Å². The average Bonchev–Trinajstić information content (AvgIpc) is 3.36. The van der Waals surface area contributed by atoms with Gasteiger partial charge in [-0.25, -0.2) is 0 Å². The first kappa shape index (κ1) is 17.5. The van der Waals surface area contributed by atoms with E-state index < -0.39 is 0 Å². The molecule has 4 rings (SSSR count). The smallest absolute Gasteiger partial charge is 0.251 e. The highest BCUT2D eigenvalue weighted by Crippen LogP contribution is 2.19. The van der Waals surface area contributed by atoms with E-state index in [0.717, 1.165) is 41.7 Å². The van der Waals surface area contributed by atoms with Gasteiger partial charge in [0.2, 0.25) is 0 Å². The van der Waals surface area contributed by atoms with Gasteiger partial charge in [-0.2, -0.15) is 5.10 Å². The van der Waals surface area contributed by atoms with Crippen molar-refractivity contribution in [2.45, 2.75) is 25.5 Å². The predicted molar refractivity (Wildman–Crippen MR) is 103 cm³/mol. The molecule has 1 N–H and O–H groups in total. The largest absolute Gasteiger partial charge is 0.497 e. The predicted octanol–water partition coefficient (Wildman–Crippen LogP) is 3.00. The molecule has 0 spiro atoms. The topological polar surface area (TPSA) is 65.4 Å². The fourth-order valence-corrected chi connectivity index (χ4v) is 3.40. The van der Waals surface area contributed by atoms with Crippen LogP contribution < -0.4 is 10.1 Å². The molecule has 1 saturated heterocycles. The van der Waals surface area contributed by atoms with Crippen molar-refractivity contribution in [3.63, 3.8) is 0 Å². The highest BCUT2D eigenvalue weighted by atomic mass is 16.5. The summed E-state index contributed by atoms with van der Waals surface area (Å²) in [5.74, 6) is 0.736. The van der Waals surface area contributed by atoms with E-state index in [2.05, 4.69) is 10.4 Å². The number of hydrogen-bond donors (Lipinski definition) is 1. The Balaban J connectivity index is 1.52. The van der Waals surface area contributed by atoms with E-state index in [1.165, 1.54) is 0 Å². The molecule has 140 valence electrons. The molecule has 1 amide bonds. The van der Waals surface area contributed by atoms with Crippen LogP contribution in [0.25, 0.3) is 10.9 Å². The zero-order valence-electron chi connectivity index (χ0n) is 15.4. The lowest BCUT2D eigenvalue weighted by Crippen LogP contribution is -2.31. The van der Waals surface area contributed by atoms with Gasteiger partial charge >= 0.3 is 0 Å². The van der Waals surface area contributed by atoms with Crippen molar-refractivity contribution in [3.8, 4) is 5.75 Å². The Kier molecular flexibility index (Phi) is 5.07. The average molecular weight is 365 g/mol. The second kappa shape index (κ2) is 7.80. The second-order valence-electron chi connectivity index (χ2n) is 6.77. The number of carbonyl (C=O) groups is 1. The molecule has 0 radical (unpaired) electrons. The number of benzene rings is 2. The summed E-state index contributed by atoms with van der Waals surface area (Å²) < 4.78 is 12.8. The number of hydrogen-bond acceptors (Lipinski definition) is 4. The van der Waals surface area contributed by atoms with Gasteiger partial charge in [0.05, 0.1) is 31.5 Å². The first-order valence-corrected chi connectivity index (χ1v) is 9.21. The van der Waals surface area contributed by atoms with Crippen LogP contribution in [0.1, 0.15) is 28.8 Å². The zero-order chi connectivity index (χ0) is 18.6. The summed E-state index contributed by atoms with van der Waals surface area (Å²) in [5, 5.41) is 8.46. The number of amides is 1. The Bertz CT molecular complexity index is 945. The quantitative estimate of drug-likeness (QED) is 0.729. The van der Waals surface area contributed by atoms with Crippen molar-refractivity contribution in [3.05, 3.63) is 59.8 Å². The van der Waals surface area contributed by atoms with E-state index in [4.69, 9.17) is 9.47 Å². The van der Waals surface area contributed by atoms with E-state index in [1.54, 1.807) is 7.11 Å². The fourth-order valence-electron chi connectivity index (χ4n) is 3.40. The van der Waals surface area contributed by atoms with E-state index in [-0.39, 0.29) is 12.0 Å². The van der Waals surface area contributed by atoms with Crippen LogP contribution in [0.5, 0.6) is 5.75 Å². The maximum atomic E-state index is 12.5. The Morgan fingerprint density at radius 3 is 3.07 bits per heavy atom. The Morgan fingerprint density at radius 2 is 2.26 bits per heavy atom. The van der Waals surface area contributed by atoms with Crippen LogP contribution in [0.15, 0.2) is 48.7 Å². The van der Waals surface area contributed by atoms with Gasteiger partial charge in [-0.3, -0.25) is 9.48 Å². The van der Waals surface area contributed by atoms with Gasteiger partial charge in [-0.1, -0.05) is 18.2 Å². The number of rotatable bonds is 6. The van der Waals surface area contributed by atoms with Crippen LogP contribution in [0.4, 0.5) is 0 Å². The summed E-state index contributed by atoms with van der Waals surface area (Å²) in [6, 6.07) is 13.6. The Hall–Kier alpha value is -2.86. The van der Waals surface area contributed by atoms with Gasteiger partial charge < -0.3 is 14.8 Å². The lowest BCUT2D eigenvalue weighted by Gasteiger charge is -2.11. The molecule has 0 bridgehead atoms. The van der Waals surface area contributed by atoms with Gasteiger partial charge in [0.15, 0.2) is 0 Å². The minimum atomic E-state index is -0.0819. The van der Waals surface area contributed by atoms with Crippen LogP contribution in [0, 0.1) is 0 Å². The molecule has 6 nitrogen and oxygen atoms in total. The van der Waals surface area contributed by atoms with E-state index in [0.29, 0.717) is 18.7 Å². The maximum Gasteiger partial charge on any atom is 0.251 e. The van der Waals surface area contributed by atoms with Crippen molar-refractivity contribution >= 4 is 16.8 Å². The molecule has 1 aliphatic heterocycles. The Labute approximate surface area is 158 Å². The molecule has 1 fully saturated rings. The molecule has 27 heavy (non-hydrogen) atoms. The summed E-state index contributed by atoms with van der Waals surface area (Å²) in [4.78, 5) is 12.5. The van der Waals surface area contributed by atoms with Gasteiger partial charge in [-0.05, 0) is 42.7 Å². The lowest BCUT2D eigenvalue weighted by atomic mass is 10.1. The molecule has 6 heteroatoms. The number of fused-ring (bicyclic) bond motifs is 1. The Morgan fingerprint density at radius 1 is 1.33 bits per heavy atom. The maximum absolute atomic E-state index is 12.5. The molecule has 1 atom stereocenters. The van der Waals surface area contributed by atoms with Crippen molar-refractivity contribution in [1.29, 1.82) is 0 Å². The SMILES string of the molecule is COc1cccc(Cn2ncc3ccc(C(=O)NCC4CCCO4)cc32)c1. The number of nitrogens with zero attached hydrogens (tertiary/aromatic N) is 2. The normalized spacial score (nSPS) is 16.6. The first-order chi connectivity index (χ1) is 13.2. The van der Waals surface area contributed by atoms with E-state index in [9.17, 15) is 4.79 Å². The summed E-state index contributed by atoms with van der Waals surface area (Å²) in [6.45, 7) is 1.96. The molecule has 0 aliphatic carbocycles. The van der Waals surface area contributed by atoms with Crippen LogP contribution in [-0.4, -0.2) is 42.1 Å². The van der Waals surface area contributed by atoms with Gasteiger partial charge in [0, 0.05) is 24.1 Å². The van der Waals surface area contributed by atoms with Crippen molar-refractivity contribution in [1.82, 2.24) is 15.1 Å². The lowest BCUT2D eigenvalue weighted by molar-refractivity contribution is 0.0858. The van der Waals surface area contributed by atoms with Gasteiger partial charge in [0.1, 0.15) is 5.75 Å². The van der Waals surface area contributed by atoms with E-state index >= 15 is 0 Å². The monoisotopic (exact) mass is 365 g/mol. The minimum absolute atomic E-state index is 0.0819. The highest BCUT2D eigenvalue weighted by molar-refractivity contribution is 5.97. The number of methoxy groups -OCH3 is 1. The third-order valence-electron chi connectivity index (χ3n) is 4.89. The molecular formula is C21H23N3O3. The molecule has 1 aliphatic rings. The third-order valence-corrected chi connectivity index (χ3v) is 4.89. The zero-order valence-corrected chi connectivity index (χ0v) is 15.4. The highest BCUT2D eigenvalue weighted by Gasteiger charge is 2.17. The van der Waals surface area contributed by atoms with Crippen LogP contribution in [0.2, 0.25) is 0 Å². The van der Waals surface area contributed by atoms with Crippen molar-refractivity contribution < 1.29 is 14.3 Å². The number of ether oxygens (including phenoxy) is 2. The molecule has 3 aromatic rings. The van der Waals surface area contributed by atoms with Crippen LogP contribution >= 0.6 is 0 Å². The minimum Gasteiger partial charge on any atom is -0.497 e. The number of carbonyl (C=O) groups excluding carboxylic acids is 1.